The molecule has 0 atom stereocenters. The number of ether oxygens (including phenoxy) is 1. The Hall–Kier alpha value is -2.73. The van der Waals surface area contributed by atoms with Gasteiger partial charge in [0.15, 0.2) is 11.4 Å². The van der Waals surface area contributed by atoms with Crippen molar-refractivity contribution in [3.05, 3.63) is 58.1 Å². The van der Waals surface area contributed by atoms with Gasteiger partial charge in [-0.3, -0.25) is 4.79 Å². The van der Waals surface area contributed by atoms with E-state index < -0.39 is 11.6 Å². The Morgan fingerprint density at radius 2 is 1.66 bits per heavy atom. The van der Waals surface area contributed by atoms with Crippen LogP contribution in [0.15, 0.2) is 36.4 Å². The molecule has 0 radical (unpaired) electrons. The maximum absolute atomic E-state index is 12.0. The van der Waals surface area contributed by atoms with Gasteiger partial charge in [0, 0.05) is 11.9 Å². The van der Waals surface area contributed by atoms with E-state index in [0.29, 0.717) is 29.5 Å². The molecule has 0 aliphatic heterocycles. The fourth-order valence-corrected chi connectivity index (χ4v) is 3.04. The lowest BCUT2D eigenvalue weighted by atomic mass is 10.1. The van der Waals surface area contributed by atoms with Gasteiger partial charge in [0.25, 0.3) is 5.91 Å². The number of carbonyl (C=O) groups excluding carboxylic acids is 1. The van der Waals surface area contributed by atoms with Crippen molar-refractivity contribution in [3.8, 4) is 11.5 Å². The van der Waals surface area contributed by atoms with E-state index >= 15 is 0 Å². The van der Waals surface area contributed by atoms with Gasteiger partial charge in [-0.15, -0.1) is 0 Å². The van der Waals surface area contributed by atoms with Gasteiger partial charge < -0.3 is 14.7 Å². The molecule has 29 heavy (non-hydrogen) atoms. The van der Waals surface area contributed by atoms with Crippen molar-refractivity contribution in [1.29, 1.82) is 0 Å². The summed E-state index contributed by atoms with van der Waals surface area (Å²) in [6.45, 7) is 8.55. The van der Waals surface area contributed by atoms with Crippen LogP contribution in [0.2, 0.25) is 5.02 Å². The molecular formula is C22H26ClNO5. The smallest absolute Gasteiger partial charge is 0.347 e. The summed E-state index contributed by atoms with van der Waals surface area (Å²) in [5.74, 6) is -0.164. The number of halogens is 1. The maximum atomic E-state index is 12.0. The van der Waals surface area contributed by atoms with E-state index in [0.717, 1.165) is 16.7 Å². The second kappa shape index (κ2) is 9.18. The minimum Gasteiger partial charge on any atom is -0.478 e. The molecule has 0 aliphatic carbocycles. The Balaban J connectivity index is 2.04. The summed E-state index contributed by atoms with van der Waals surface area (Å²) in [6, 6.07) is 10.7. The number of hydrogen-bond acceptors (Lipinski definition) is 4. The summed E-state index contributed by atoms with van der Waals surface area (Å²) < 4.78 is 5.50. The SMILES string of the molecule is CC(=O)N(CCc1ccc(OC(C)(C)C(=O)O)cc1)Oc1c(C)cc(Cl)cc1C. The number of hydroxylamine groups is 2. The molecule has 156 valence electrons. The second-order valence-electron chi connectivity index (χ2n) is 7.39. The van der Waals surface area contributed by atoms with Gasteiger partial charge in [0.05, 0.1) is 6.54 Å². The zero-order valence-electron chi connectivity index (χ0n) is 17.3. The molecule has 0 unspecified atom stereocenters. The summed E-state index contributed by atoms with van der Waals surface area (Å²) >= 11 is 6.05. The van der Waals surface area contributed by atoms with Crippen molar-refractivity contribution >= 4 is 23.5 Å². The Morgan fingerprint density at radius 3 is 2.14 bits per heavy atom. The third-order valence-electron chi connectivity index (χ3n) is 4.39. The Bertz CT molecular complexity index is 870. The average Bonchev–Trinajstić information content (AvgIpc) is 2.61. The van der Waals surface area contributed by atoms with Gasteiger partial charge in [-0.05, 0) is 75.1 Å². The fraction of sp³-hybridized carbons (Fsp3) is 0.364. The standard InChI is InChI=1S/C22H26ClNO5/c1-14-12-18(23)13-15(2)20(14)29-24(16(3)25)11-10-17-6-8-19(9-7-17)28-22(4,5)21(26)27/h6-9,12-13H,10-11H2,1-5H3,(H,26,27). The minimum atomic E-state index is -1.31. The number of carbonyl (C=O) groups is 2. The first-order chi connectivity index (χ1) is 13.5. The molecule has 1 N–H and O–H groups in total. The molecule has 1 amide bonds. The molecule has 0 spiro atoms. The number of nitrogens with zero attached hydrogens (tertiary/aromatic N) is 1. The van der Waals surface area contributed by atoms with Gasteiger partial charge in [-0.1, -0.05) is 23.7 Å². The highest BCUT2D eigenvalue weighted by Gasteiger charge is 2.29. The zero-order valence-corrected chi connectivity index (χ0v) is 18.0. The molecular weight excluding hydrogens is 394 g/mol. The van der Waals surface area contributed by atoms with Crippen molar-refractivity contribution in [3.63, 3.8) is 0 Å². The lowest BCUT2D eigenvalue weighted by Gasteiger charge is -2.24. The van der Waals surface area contributed by atoms with Crippen LogP contribution >= 0.6 is 11.6 Å². The molecule has 6 nitrogen and oxygen atoms in total. The Kier molecular flexibility index (Phi) is 7.14. The minimum absolute atomic E-state index is 0.207. The van der Waals surface area contributed by atoms with Crippen molar-refractivity contribution in [2.75, 3.05) is 6.54 Å². The molecule has 0 aliphatic rings. The number of carboxylic acid groups (broad SMARTS) is 1. The van der Waals surface area contributed by atoms with Crippen LogP contribution in [0.3, 0.4) is 0 Å². The van der Waals surface area contributed by atoms with E-state index in [1.165, 1.54) is 25.8 Å². The number of carboxylic acids is 1. The summed E-state index contributed by atoms with van der Waals surface area (Å²) in [5, 5.41) is 11.1. The normalized spacial score (nSPS) is 11.1. The van der Waals surface area contributed by atoms with E-state index in [-0.39, 0.29) is 5.91 Å². The number of amides is 1. The van der Waals surface area contributed by atoms with Crippen LogP contribution in [0.5, 0.6) is 11.5 Å². The van der Waals surface area contributed by atoms with E-state index in [1.807, 2.05) is 26.0 Å². The highest BCUT2D eigenvalue weighted by Crippen LogP contribution is 2.28. The van der Waals surface area contributed by atoms with E-state index in [9.17, 15) is 9.59 Å². The molecule has 2 aromatic rings. The number of rotatable bonds is 8. The first-order valence-corrected chi connectivity index (χ1v) is 9.61. The summed E-state index contributed by atoms with van der Waals surface area (Å²) in [7, 11) is 0. The topological polar surface area (TPSA) is 76.1 Å². The second-order valence-corrected chi connectivity index (χ2v) is 7.83. The summed E-state index contributed by atoms with van der Waals surface area (Å²) in [6.07, 6.45) is 0.563. The zero-order chi connectivity index (χ0) is 21.8. The van der Waals surface area contributed by atoms with Gasteiger partial charge in [0.2, 0.25) is 0 Å². The predicted molar refractivity (Wildman–Crippen MR) is 111 cm³/mol. The van der Waals surface area contributed by atoms with Gasteiger partial charge in [-0.25, -0.2) is 4.79 Å². The van der Waals surface area contributed by atoms with Gasteiger partial charge >= 0.3 is 5.97 Å². The molecule has 0 aromatic heterocycles. The van der Waals surface area contributed by atoms with Crippen LogP contribution in [-0.2, 0) is 16.0 Å². The molecule has 2 aromatic carbocycles. The van der Waals surface area contributed by atoms with Gasteiger partial charge in [0.1, 0.15) is 5.75 Å². The number of aryl methyl sites for hydroxylation is 2. The summed E-state index contributed by atoms with van der Waals surface area (Å²) in [5.41, 5.74) is 1.35. The fourth-order valence-electron chi connectivity index (χ4n) is 2.71. The maximum Gasteiger partial charge on any atom is 0.347 e. The van der Waals surface area contributed by atoms with Crippen LogP contribution in [0, 0.1) is 13.8 Å². The lowest BCUT2D eigenvalue weighted by molar-refractivity contribution is -0.154. The summed E-state index contributed by atoms with van der Waals surface area (Å²) in [4.78, 5) is 29.1. The van der Waals surface area contributed by atoms with E-state index in [4.69, 9.17) is 26.3 Å². The number of aliphatic carboxylic acids is 1. The quantitative estimate of drug-likeness (QED) is 0.633. The molecule has 0 bridgehead atoms. The van der Waals surface area contributed by atoms with Crippen LogP contribution in [0.25, 0.3) is 0 Å². The van der Waals surface area contributed by atoms with Crippen LogP contribution in [0.4, 0.5) is 0 Å². The Morgan fingerprint density at radius 1 is 1.10 bits per heavy atom. The molecule has 7 heteroatoms. The van der Waals surface area contributed by atoms with Crippen molar-refractivity contribution < 1.29 is 24.3 Å². The molecule has 0 heterocycles. The molecule has 0 fully saturated rings. The Labute approximate surface area is 175 Å². The van der Waals surface area contributed by atoms with Crippen molar-refractivity contribution in [2.24, 2.45) is 0 Å². The van der Waals surface area contributed by atoms with Crippen LogP contribution in [0.1, 0.15) is 37.5 Å². The molecule has 2 rings (SSSR count). The van der Waals surface area contributed by atoms with Crippen LogP contribution in [-0.4, -0.2) is 34.2 Å². The average molecular weight is 420 g/mol. The highest BCUT2D eigenvalue weighted by molar-refractivity contribution is 6.30. The number of hydrogen-bond donors (Lipinski definition) is 1. The van der Waals surface area contributed by atoms with Crippen molar-refractivity contribution in [2.45, 2.75) is 46.6 Å². The predicted octanol–water partition coefficient (Wildman–Crippen LogP) is 4.58. The third kappa shape index (κ3) is 6.12. The molecule has 0 saturated carbocycles. The monoisotopic (exact) mass is 419 g/mol. The van der Waals surface area contributed by atoms with Crippen LogP contribution < -0.4 is 9.57 Å². The van der Waals surface area contributed by atoms with Gasteiger partial charge in [-0.2, -0.15) is 5.06 Å². The largest absolute Gasteiger partial charge is 0.478 e. The van der Waals surface area contributed by atoms with Crippen molar-refractivity contribution in [1.82, 2.24) is 5.06 Å². The number of benzene rings is 2. The lowest BCUT2D eigenvalue weighted by Crippen LogP contribution is -2.37. The van der Waals surface area contributed by atoms with E-state index in [2.05, 4.69) is 0 Å². The van der Waals surface area contributed by atoms with E-state index in [1.54, 1.807) is 24.3 Å². The first-order valence-electron chi connectivity index (χ1n) is 9.24. The molecule has 0 saturated heterocycles. The highest BCUT2D eigenvalue weighted by atomic mass is 35.5. The first kappa shape index (κ1) is 22.6. The third-order valence-corrected chi connectivity index (χ3v) is 4.61.